The maximum atomic E-state index is 9.48. The first kappa shape index (κ1) is 16.5. The summed E-state index contributed by atoms with van der Waals surface area (Å²) in [6, 6.07) is 7.31. The van der Waals surface area contributed by atoms with Crippen molar-refractivity contribution in [3.05, 3.63) is 22.4 Å². The van der Waals surface area contributed by atoms with E-state index in [4.69, 9.17) is 0 Å². The molecule has 1 aromatic rings. The van der Waals surface area contributed by atoms with Crippen LogP contribution in [0.3, 0.4) is 0 Å². The minimum atomic E-state index is 0.205. The molecule has 0 bridgehead atoms. The van der Waals surface area contributed by atoms with E-state index in [1.165, 1.54) is 17.7 Å². The van der Waals surface area contributed by atoms with Crippen LogP contribution in [0.1, 0.15) is 44.9 Å². The summed E-state index contributed by atoms with van der Waals surface area (Å²) in [5, 5.41) is 11.6. The summed E-state index contributed by atoms with van der Waals surface area (Å²) in [7, 11) is 2.20. The third-order valence-corrected chi connectivity index (χ3v) is 6.00. The Kier molecular flexibility index (Phi) is 5.46. The molecular formula is C18H28N2S. The predicted octanol–water partition coefficient (Wildman–Crippen LogP) is 4.58. The highest BCUT2D eigenvalue weighted by molar-refractivity contribution is 7.09. The van der Waals surface area contributed by atoms with Crippen molar-refractivity contribution in [2.24, 2.45) is 17.3 Å². The molecule has 0 amide bonds. The van der Waals surface area contributed by atoms with Crippen molar-refractivity contribution in [1.29, 1.82) is 5.26 Å². The van der Waals surface area contributed by atoms with E-state index in [1.54, 1.807) is 0 Å². The van der Waals surface area contributed by atoms with E-state index in [2.05, 4.69) is 56.3 Å². The maximum Gasteiger partial charge on any atom is 0.0672 e. The lowest BCUT2D eigenvalue weighted by Gasteiger charge is -2.43. The molecule has 3 unspecified atom stereocenters. The van der Waals surface area contributed by atoms with Crippen LogP contribution >= 0.6 is 11.3 Å². The van der Waals surface area contributed by atoms with Gasteiger partial charge in [0.25, 0.3) is 0 Å². The second-order valence-electron chi connectivity index (χ2n) is 7.49. The van der Waals surface area contributed by atoms with E-state index >= 15 is 0 Å². The molecule has 0 saturated heterocycles. The zero-order chi connectivity index (χ0) is 15.5. The average Bonchev–Trinajstić information content (AvgIpc) is 2.96. The molecule has 21 heavy (non-hydrogen) atoms. The van der Waals surface area contributed by atoms with Crippen LogP contribution in [0.25, 0.3) is 0 Å². The lowest BCUT2D eigenvalue weighted by molar-refractivity contribution is 0.0758. The molecule has 3 heteroatoms. The van der Waals surface area contributed by atoms with Gasteiger partial charge in [-0.1, -0.05) is 26.8 Å². The van der Waals surface area contributed by atoms with Gasteiger partial charge in [0.1, 0.15) is 0 Å². The van der Waals surface area contributed by atoms with Gasteiger partial charge in [0.2, 0.25) is 0 Å². The molecule has 0 spiro atoms. The standard InChI is InChI=1S/C18H28N2S/c1-18(2,3)15-8-7-14(13-19)17(12-15)20(4)10-9-16-6-5-11-21-16/h5-6,11,14-15,17H,7-10,12H2,1-4H3. The van der Waals surface area contributed by atoms with Crippen molar-refractivity contribution >= 4 is 11.3 Å². The summed E-state index contributed by atoms with van der Waals surface area (Å²) in [6.07, 6.45) is 4.54. The molecule has 1 aromatic heterocycles. The van der Waals surface area contributed by atoms with Crippen LogP contribution in [0.15, 0.2) is 17.5 Å². The molecule has 0 aromatic carbocycles. The summed E-state index contributed by atoms with van der Waals surface area (Å²) < 4.78 is 0. The lowest BCUT2D eigenvalue weighted by Crippen LogP contribution is -2.45. The molecule has 1 heterocycles. The number of nitrogens with zero attached hydrogens (tertiary/aromatic N) is 2. The Morgan fingerprint density at radius 2 is 2.14 bits per heavy atom. The summed E-state index contributed by atoms with van der Waals surface area (Å²) >= 11 is 1.83. The minimum absolute atomic E-state index is 0.205. The molecule has 1 fully saturated rings. The van der Waals surface area contributed by atoms with Crippen molar-refractivity contribution < 1.29 is 0 Å². The zero-order valence-electron chi connectivity index (χ0n) is 13.8. The van der Waals surface area contributed by atoms with Gasteiger partial charge >= 0.3 is 0 Å². The predicted molar refractivity (Wildman–Crippen MR) is 90.3 cm³/mol. The molecule has 116 valence electrons. The number of hydrogen-bond acceptors (Lipinski definition) is 3. The Bertz CT molecular complexity index is 466. The van der Waals surface area contributed by atoms with E-state index in [0.717, 1.165) is 25.3 Å². The number of likely N-dealkylation sites (N-methyl/N-ethyl adjacent to an activating group) is 1. The number of thiophene rings is 1. The van der Waals surface area contributed by atoms with Gasteiger partial charge in [-0.2, -0.15) is 5.26 Å². The highest BCUT2D eigenvalue weighted by atomic mass is 32.1. The zero-order valence-corrected chi connectivity index (χ0v) is 14.6. The van der Waals surface area contributed by atoms with Crippen LogP contribution in [0.2, 0.25) is 0 Å². The Balaban J connectivity index is 1.97. The van der Waals surface area contributed by atoms with Gasteiger partial charge < -0.3 is 4.90 Å². The SMILES string of the molecule is CN(CCc1cccs1)C1CC(C(C)(C)C)CCC1C#N. The van der Waals surface area contributed by atoms with E-state index in [-0.39, 0.29) is 5.92 Å². The van der Waals surface area contributed by atoms with Gasteiger partial charge in [0.15, 0.2) is 0 Å². The monoisotopic (exact) mass is 304 g/mol. The van der Waals surface area contributed by atoms with E-state index in [0.29, 0.717) is 11.5 Å². The van der Waals surface area contributed by atoms with Crippen LogP contribution in [0.4, 0.5) is 0 Å². The number of hydrogen-bond donors (Lipinski definition) is 0. The van der Waals surface area contributed by atoms with Crippen molar-refractivity contribution in [2.45, 2.75) is 52.5 Å². The highest BCUT2D eigenvalue weighted by Crippen LogP contribution is 2.41. The van der Waals surface area contributed by atoms with Crippen LogP contribution in [-0.4, -0.2) is 24.5 Å². The number of rotatable bonds is 4. The van der Waals surface area contributed by atoms with Gasteiger partial charge in [-0.3, -0.25) is 0 Å². The van der Waals surface area contributed by atoms with Crippen molar-refractivity contribution in [3.8, 4) is 6.07 Å². The summed E-state index contributed by atoms with van der Waals surface area (Å²) in [5.41, 5.74) is 0.354. The molecule has 2 nitrogen and oxygen atoms in total. The van der Waals surface area contributed by atoms with Gasteiger partial charge in [-0.15, -0.1) is 11.3 Å². The summed E-state index contributed by atoms with van der Waals surface area (Å²) in [6.45, 7) is 8.08. The van der Waals surface area contributed by atoms with Crippen molar-refractivity contribution in [3.63, 3.8) is 0 Å². The molecule has 2 rings (SSSR count). The van der Waals surface area contributed by atoms with E-state index in [1.807, 2.05) is 11.3 Å². The van der Waals surface area contributed by atoms with Crippen LogP contribution in [0.5, 0.6) is 0 Å². The maximum absolute atomic E-state index is 9.48. The molecule has 0 radical (unpaired) electrons. The van der Waals surface area contributed by atoms with Crippen LogP contribution in [-0.2, 0) is 6.42 Å². The van der Waals surface area contributed by atoms with Crippen LogP contribution in [0, 0.1) is 28.6 Å². The fourth-order valence-electron chi connectivity index (χ4n) is 3.48. The molecular weight excluding hydrogens is 276 g/mol. The fourth-order valence-corrected chi connectivity index (χ4v) is 4.18. The first-order valence-corrected chi connectivity index (χ1v) is 8.92. The Hall–Kier alpha value is -0.850. The van der Waals surface area contributed by atoms with Gasteiger partial charge in [-0.25, -0.2) is 0 Å². The second-order valence-corrected chi connectivity index (χ2v) is 8.52. The normalized spacial score (nSPS) is 26.8. The quantitative estimate of drug-likeness (QED) is 0.814. The van der Waals surface area contributed by atoms with Gasteiger partial charge in [-0.05, 0) is 55.5 Å². The smallest absolute Gasteiger partial charge is 0.0672 e. The summed E-state index contributed by atoms with van der Waals surface area (Å²) in [5.74, 6) is 0.938. The topological polar surface area (TPSA) is 27.0 Å². The molecule has 1 aliphatic rings. The Labute approximate surface area is 133 Å². The fraction of sp³-hybridized carbons (Fsp3) is 0.722. The van der Waals surface area contributed by atoms with Crippen molar-refractivity contribution in [1.82, 2.24) is 4.90 Å². The Morgan fingerprint density at radius 1 is 1.38 bits per heavy atom. The molecule has 0 N–H and O–H groups in total. The third-order valence-electron chi connectivity index (χ3n) is 5.06. The van der Waals surface area contributed by atoms with Gasteiger partial charge in [0, 0.05) is 17.5 Å². The third kappa shape index (κ3) is 4.31. The highest BCUT2D eigenvalue weighted by Gasteiger charge is 2.37. The molecule has 3 atom stereocenters. The molecule has 1 aliphatic carbocycles. The van der Waals surface area contributed by atoms with E-state index < -0.39 is 0 Å². The largest absolute Gasteiger partial charge is 0.302 e. The lowest BCUT2D eigenvalue weighted by atomic mass is 9.68. The van der Waals surface area contributed by atoms with Gasteiger partial charge in [0.05, 0.1) is 12.0 Å². The Morgan fingerprint density at radius 3 is 2.71 bits per heavy atom. The first-order valence-electron chi connectivity index (χ1n) is 8.04. The average molecular weight is 305 g/mol. The first-order chi connectivity index (χ1) is 9.91. The van der Waals surface area contributed by atoms with Crippen LogP contribution < -0.4 is 0 Å². The van der Waals surface area contributed by atoms with Crippen molar-refractivity contribution in [2.75, 3.05) is 13.6 Å². The minimum Gasteiger partial charge on any atom is -0.302 e. The van der Waals surface area contributed by atoms with E-state index in [9.17, 15) is 5.26 Å². The molecule has 0 aliphatic heterocycles. The number of nitriles is 1. The molecule has 1 saturated carbocycles. The second kappa shape index (κ2) is 6.94. The summed E-state index contributed by atoms with van der Waals surface area (Å²) in [4.78, 5) is 3.88.